The molecule has 25 heavy (non-hydrogen) atoms. The molecule has 0 aliphatic heterocycles. The van der Waals surface area contributed by atoms with Crippen LogP contribution in [-0.2, 0) is 19.0 Å². The van der Waals surface area contributed by atoms with Crippen molar-refractivity contribution >= 4 is 24.0 Å². The molecule has 0 radical (unpaired) electrons. The van der Waals surface area contributed by atoms with Gasteiger partial charge in [0.05, 0.1) is 12.1 Å². The molecular formula is C20H19Cl2NO2. The number of hydrogen-bond acceptors (Lipinski definition) is 2. The number of pyridine rings is 1. The highest BCUT2D eigenvalue weighted by Gasteiger charge is 2.08. The van der Waals surface area contributed by atoms with Gasteiger partial charge in [-0.3, -0.25) is 4.79 Å². The zero-order valence-corrected chi connectivity index (χ0v) is 15.2. The summed E-state index contributed by atoms with van der Waals surface area (Å²) < 4.78 is 7.69. The molecule has 1 aromatic heterocycles. The molecule has 1 heterocycles. The average Bonchev–Trinajstić information content (AvgIpc) is 2.63. The Labute approximate surface area is 158 Å². The van der Waals surface area contributed by atoms with Crippen LogP contribution in [0.2, 0.25) is 0 Å². The van der Waals surface area contributed by atoms with E-state index in [0.29, 0.717) is 18.9 Å². The van der Waals surface area contributed by atoms with Crippen molar-refractivity contribution in [1.29, 1.82) is 0 Å². The lowest BCUT2D eigenvalue weighted by Crippen LogP contribution is -2.15. The Morgan fingerprint density at radius 3 is 2.12 bits per heavy atom. The molecule has 0 saturated carbocycles. The second-order valence-corrected chi connectivity index (χ2v) is 5.78. The Balaban J connectivity index is 0.00000225. The summed E-state index contributed by atoms with van der Waals surface area (Å²) in [6, 6.07) is 21.4. The van der Waals surface area contributed by atoms with Crippen LogP contribution in [0, 0.1) is 0 Å². The number of ether oxygens (including phenoxy) is 1. The summed E-state index contributed by atoms with van der Waals surface area (Å²) in [4.78, 5) is 12.2. The van der Waals surface area contributed by atoms with Gasteiger partial charge in [0.1, 0.15) is 6.61 Å². The molecule has 3 rings (SSSR count). The van der Waals surface area contributed by atoms with E-state index in [1.807, 2.05) is 65.2 Å². The van der Waals surface area contributed by atoms with Gasteiger partial charge in [0.2, 0.25) is 5.43 Å². The highest BCUT2D eigenvalue weighted by Crippen LogP contribution is 2.13. The molecule has 3 nitrogen and oxygen atoms in total. The Bertz CT molecular complexity index is 849. The Morgan fingerprint density at radius 2 is 1.52 bits per heavy atom. The fourth-order valence-corrected chi connectivity index (χ4v) is 2.71. The normalized spacial score (nSPS) is 10.1. The molecule has 0 saturated heterocycles. The van der Waals surface area contributed by atoms with Crippen LogP contribution in [0.5, 0.6) is 5.75 Å². The van der Waals surface area contributed by atoms with Gasteiger partial charge in [-0.25, -0.2) is 0 Å². The third-order valence-corrected chi connectivity index (χ3v) is 4.03. The summed E-state index contributed by atoms with van der Waals surface area (Å²) in [5.41, 5.74) is 2.79. The monoisotopic (exact) mass is 375 g/mol. The van der Waals surface area contributed by atoms with Gasteiger partial charge in [0, 0.05) is 18.3 Å². The molecule has 0 unspecified atom stereocenters. The lowest BCUT2D eigenvalue weighted by Gasteiger charge is -2.14. The zero-order chi connectivity index (χ0) is 16.8. The number of hydrogen-bond donors (Lipinski definition) is 0. The lowest BCUT2D eigenvalue weighted by atomic mass is 10.2. The van der Waals surface area contributed by atoms with E-state index in [-0.39, 0.29) is 23.7 Å². The molecule has 0 amide bonds. The quantitative estimate of drug-likeness (QED) is 0.587. The van der Waals surface area contributed by atoms with Crippen molar-refractivity contribution in [1.82, 2.24) is 4.57 Å². The van der Waals surface area contributed by atoms with Crippen molar-refractivity contribution in [3.8, 4) is 5.75 Å². The van der Waals surface area contributed by atoms with Gasteiger partial charge in [-0.15, -0.1) is 24.0 Å². The molecule has 0 aliphatic rings. The number of halogens is 2. The van der Waals surface area contributed by atoms with Crippen molar-refractivity contribution in [3.63, 3.8) is 0 Å². The van der Waals surface area contributed by atoms with Crippen LogP contribution < -0.4 is 10.2 Å². The Morgan fingerprint density at radius 1 is 0.920 bits per heavy atom. The fourth-order valence-electron chi connectivity index (χ4n) is 2.48. The lowest BCUT2D eigenvalue weighted by molar-refractivity contribution is 0.300. The Kier molecular flexibility index (Phi) is 7.11. The van der Waals surface area contributed by atoms with Crippen molar-refractivity contribution < 1.29 is 4.74 Å². The first-order chi connectivity index (χ1) is 11.8. The summed E-state index contributed by atoms with van der Waals surface area (Å²) in [6.07, 6.45) is 1.75. The largest absolute Gasteiger partial charge is 0.483 e. The van der Waals surface area contributed by atoms with Crippen LogP contribution in [0.1, 0.15) is 16.8 Å². The van der Waals surface area contributed by atoms with E-state index in [1.54, 1.807) is 12.3 Å². The fraction of sp³-hybridized carbons (Fsp3) is 0.150. The minimum atomic E-state index is -0.147. The minimum Gasteiger partial charge on any atom is -0.483 e. The second-order valence-electron chi connectivity index (χ2n) is 5.51. The van der Waals surface area contributed by atoms with Crippen LogP contribution in [0.25, 0.3) is 0 Å². The van der Waals surface area contributed by atoms with Gasteiger partial charge in [-0.2, -0.15) is 0 Å². The molecule has 0 atom stereocenters. The molecule has 5 heteroatoms. The highest BCUT2D eigenvalue weighted by atomic mass is 35.5. The number of rotatable bonds is 6. The predicted molar refractivity (Wildman–Crippen MR) is 104 cm³/mol. The number of aromatic nitrogens is 1. The van der Waals surface area contributed by atoms with Crippen molar-refractivity contribution in [2.24, 2.45) is 0 Å². The van der Waals surface area contributed by atoms with E-state index >= 15 is 0 Å². The average molecular weight is 376 g/mol. The number of nitrogens with zero attached hydrogens (tertiary/aromatic N) is 1. The summed E-state index contributed by atoms with van der Waals surface area (Å²) in [5, 5.41) is 0. The van der Waals surface area contributed by atoms with Gasteiger partial charge in [0.25, 0.3) is 0 Å². The van der Waals surface area contributed by atoms with E-state index in [2.05, 4.69) is 0 Å². The predicted octanol–water partition coefficient (Wildman–Crippen LogP) is 4.64. The molecule has 0 bridgehead atoms. The van der Waals surface area contributed by atoms with E-state index in [9.17, 15) is 4.79 Å². The number of benzene rings is 2. The third-order valence-electron chi connectivity index (χ3n) is 3.75. The molecule has 0 spiro atoms. The van der Waals surface area contributed by atoms with E-state index in [1.165, 1.54) is 0 Å². The van der Waals surface area contributed by atoms with Crippen LogP contribution >= 0.6 is 24.0 Å². The van der Waals surface area contributed by atoms with Crippen molar-refractivity contribution in [2.45, 2.75) is 19.0 Å². The van der Waals surface area contributed by atoms with Gasteiger partial charge in [0.15, 0.2) is 5.75 Å². The summed E-state index contributed by atoms with van der Waals surface area (Å²) >= 11 is 6.00. The van der Waals surface area contributed by atoms with E-state index < -0.39 is 0 Å². The van der Waals surface area contributed by atoms with Gasteiger partial charge in [-0.1, -0.05) is 60.7 Å². The maximum atomic E-state index is 12.2. The smallest absolute Gasteiger partial charge is 0.223 e. The first kappa shape index (κ1) is 19.1. The summed E-state index contributed by atoms with van der Waals surface area (Å²) in [5.74, 6) is 0.616. The molecule has 2 aromatic carbocycles. The van der Waals surface area contributed by atoms with Gasteiger partial charge in [-0.05, 0) is 11.1 Å². The molecule has 0 N–H and O–H groups in total. The standard InChI is InChI=1S/C20H18ClNO2.ClH/c21-12-18-11-19(23)20(24-15-17-9-5-2-6-10-17)14-22(18)13-16-7-3-1-4-8-16;/h1-11,14H,12-13,15H2;1H. The maximum absolute atomic E-state index is 12.2. The Hall–Kier alpha value is -2.23. The van der Waals surface area contributed by atoms with E-state index in [0.717, 1.165) is 16.8 Å². The molecule has 3 aromatic rings. The van der Waals surface area contributed by atoms with Crippen molar-refractivity contribution in [2.75, 3.05) is 0 Å². The van der Waals surface area contributed by atoms with Crippen molar-refractivity contribution in [3.05, 3.63) is 100.0 Å². The molecule has 0 fully saturated rings. The molecule has 0 aliphatic carbocycles. The SMILES string of the molecule is Cl.O=c1cc(CCl)n(Cc2ccccc2)cc1OCc1ccccc1. The molecule has 130 valence electrons. The zero-order valence-electron chi connectivity index (χ0n) is 13.6. The number of alkyl halides is 1. The second kappa shape index (κ2) is 9.30. The minimum absolute atomic E-state index is 0. The van der Waals surface area contributed by atoms with Crippen LogP contribution in [0.3, 0.4) is 0 Å². The van der Waals surface area contributed by atoms with E-state index in [4.69, 9.17) is 16.3 Å². The maximum Gasteiger partial charge on any atom is 0.223 e. The summed E-state index contributed by atoms with van der Waals surface area (Å²) in [6.45, 7) is 1.01. The van der Waals surface area contributed by atoms with Crippen LogP contribution in [-0.4, -0.2) is 4.57 Å². The third kappa shape index (κ3) is 5.12. The first-order valence-corrected chi connectivity index (χ1v) is 8.29. The van der Waals surface area contributed by atoms with Gasteiger partial charge < -0.3 is 9.30 Å². The summed E-state index contributed by atoms with van der Waals surface area (Å²) in [7, 11) is 0. The molecular weight excluding hydrogens is 357 g/mol. The topological polar surface area (TPSA) is 31.2 Å². The van der Waals surface area contributed by atoms with Crippen LogP contribution in [0.15, 0.2) is 77.7 Å². The van der Waals surface area contributed by atoms with Gasteiger partial charge >= 0.3 is 0 Å². The van der Waals surface area contributed by atoms with Crippen LogP contribution in [0.4, 0.5) is 0 Å². The highest BCUT2D eigenvalue weighted by molar-refractivity contribution is 6.16. The first-order valence-electron chi connectivity index (χ1n) is 7.76.